The van der Waals surface area contributed by atoms with Crippen LogP contribution in [0.15, 0.2) is 42.7 Å². The molecule has 1 N–H and O–H groups in total. The van der Waals surface area contributed by atoms with Gasteiger partial charge >= 0.3 is 0 Å². The highest BCUT2D eigenvalue weighted by Crippen LogP contribution is 2.34. The van der Waals surface area contributed by atoms with Gasteiger partial charge in [0.25, 0.3) is 0 Å². The number of nitrogens with one attached hydrogen (secondary N) is 1. The summed E-state index contributed by atoms with van der Waals surface area (Å²) in [6, 6.07) is 7.88. The summed E-state index contributed by atoms with van der Waals surface area (Å²) in [6.45, 7) is 10.0. The maximum absolute atomic E-state index is 14.9. The first kappa shape index (κ1) is 24.9. The molecule has 4 rings (SSSR count). The second-order valence-corrected chi connectivity index (χ2v) is 9.78. The second kappa shape index (κ2) is 10.9. The average molecular weight is 488 g/mol. The Morgan fingerprint density at radius 3 is 2.42 bits per heavy atom. The highest BCUT2D eigenvalue weighted by atomic mass is 35.5. The van der Waals surface area contributed by atoms with Gasteiger partial charge in [0.15, 0.2) is 5.82 Å². The van der Waals surface area contributed by atoms with E-state index < -0.39 is 11.6 Å². The molecule has 0 aliphatic rings. The maximum atomic E-state index is 14.9. The van der Waals surface area contributed by atoms with Gasteiger partial charge in [-0.2, -0.15) is 0 Å². The molecule has 0 fully saturated rings. The number of nitrogens with zero attached hydrogens (tertiary/aromatic N) is 4. The van der Waals surface area contributed by atoms with Crippen LogP contribution in [-0.4, -0.2) is 33.3 Å². The number of anilines is 1. The predicted octanol–water partition coefficient (Wildman–Crippen LogP) is 6.33. The van der Waals surface area contributed by atoms with Crippen LogP contribution in [-0.2, 0) is 6.54 Å². The molecule has 5 nitrogen and oxygen atoms in total. The van der Waals surface area contributed by atoms with E-state index in [2.05, 4.69) is 38.6 Å². The smallest absolute Gasteiger partial charge is 0.151 e. The summed E-state index contributed by atoms with van der Waals surface area (Å²) >= 11 is 6.49. The lowest BCUT2D eigenvalue weighted by Crippen LogP contribution is -2.08. The Bertz CT molecular complexity index is 1270. The summed E-state index contributed by atoms with van der Waals surface area (Å²) in [5, 5.41) is 3.44. The molecular weight excluding hydrogens is 463 g/mol. The minimum absolute atomic E-state index is 0.0894. The maximum Gasteiger partial charge on any atom is 0.151 e. The fourth-order valence-corrected chi connectivity index (χ4v) is 4.00. The number of hydrogen-bond acceptors (Lipinski definition) is 5. The lowest BCUT2D eigenvalue weighted by Gasteiger charge is -2.14. The predicted molar refractivity (Wildman–Crippen MR) is 134 cm³/mol. The average Bonchev–Trinajstić information content (AvgIpc) is 2.82. The summed E-state index contributed by atoms with van der Waals surface area (Å²) in [7, 11) is -0.355. The van der Waals surface area contributed by atoms with Crippen molar-refractivity contribution >= 4 is 41.7 Å². The molecule has 4 aromatic heterocycles. The molecule has 0 radical (unpaired) electrons. The molecule has 0 aliphatic carbocycles. The van der Waals surface area contributed by atoms with Gasteiger partial charge in [0.1, 0.15) is 17.0 Å². The van der Waals surface area contributed by atoms with Crippen LogP contribution in [0.4, 0.5) is 14.5 Å². The van der Waals surface area contributed by atoms with Crippen molar-refractivity contribution in [1.29, 1.82) is 0 Å². The fraction of sp³-hybridized carbons (Fsp3) is 0.250. The van der Waals surface area contributed by atoms with Crippen LogP contribution in [0.1, 0.15) is 25.2 Å². The number of pyridine rings is 4. The number of aromatic nitrogens is 4. The fourth-order valence-electron chi connectivity index (χ4n) is 3.14. The number of rotatable bonds is 5. The number of fused-ring (bicyclic) bond motifs is 1. The van der Waals surface area contributed by atoms with E-state index in [-0.39, 0.29) is 25.9 Å². The summed E-state index contributed by atoms with van der Waals surface area (Å²) in [5.74, 6) is -0.938. The van der Waals surface area contributed by atoms with Gasteiger partial charge in [0.2, 0.25) is 0 Å². The monoisotopic (exact) mass is 487 g/mol. The zero-order valence-corrected chi connectivity index (χ0v) is 20.8. The molecular formula is C24H25ClF2N5P. The molecule has 33 heavy (non-hydrogen) atoms. The Hall–Kier alpha value is -2.76. The van der Waals surface area contributed by atoms with Crippen LogP contribution in [0.5, 0.6) is 0 Å². The van der Waals surface area contributed by atoms with Crippen molar-refractivity contribution < 1.29 is 8.78 Å². The quantitative estimate of drug-likeness (QED) is 0.333. The van der Waals surface area contributed by atoms with Crippen LogP contribution in [0, 0.1) is 18.6 Å². The standard InChI is InChI=1S/C22H19ClF2N5P.C2H6/c1-12-19(23)22(28-11-17-14(24)5-4-8-26-17)21-16(29-12)9-15(25)20(30-21)13-6-7-18(27-10-13)31(2)3;1-2/h4-10H,11H2,1-3H3,(H,28,29);1-2H3. The van der Waals surface area contributed by atoms with E-state index in [1.807, 2.05) is 26.0 Å². The van der Waals surface area contributed by atoms with E-state index in [0.29, 0.717) is 33.0 Å². The van der Waals surface area contributed by atoms with Gasteiger partial charge in [-0.05, 0) is 44.5 Å². The third-order valence-electron chi connectivity index (χ3n) is 4.76. The number of hydrogen-bond donors (Lipinski definition) is 1. The van der Waals surface area contributed by atoms with Gasteiger partial charge in [-0.3, -0.25) is 9.97 Å². The van der Waals surface area contributed by atoms with E-state index in [9.17, 15) is 8.78 Å². The van der Waals surface area contributed by atoms with Crippen LogP contribution in [0.2, 0.25) is 5.02 Å². The first-order valence-electron chi connectivity index (χ1n) is 10.5. The summed E-state index contributed by atoms with van der Waals surface area (Å²) in [4.78, 5) is 17.4. The van der Waals surface area contributed by atoms with Gasteiger partial charge in [-0.15, -0.1) is 0 Å². The molecule has 4 heterocycles. The Labute approximate surface area is 198 Å². The molecule has 0 saturated carbocycles. The van der Waals surface area contributed by atoms with E-state index in [1.54, 1.807) is 13.1 Å². The first-order valence-corrected chi connectivity index (χ1v) is 13.1. The van der Waals surface area contributed by atoms with Crippen molar-refractivity contribution in [3.8, 4) is 11.3 Å². The molecule has 0 aliphatic heterocycles. The minimum atomic E-state index is -0.506. The van der Waals surface area contributed by atoms with E-state index in [1.165, 1.54) is 24.4 Å². The molecule has 0 amide bonds. The Morgan fingerprint density at radius 1 is 1.03 bits per heavy atom. The summed E-state index contributed by atoms with van der Waals surface area (Å²) in [6.07, 6.45) is 3.13. The lowest BCUT2D eigenvalue weighted by molar-refractivity contribution is 0.602. The zero-order valence-electron chi connectivity index (χ0n) is 19.1. The van der Waals surface area contributed by atoms with Gasteiger partial charge in [-0.25, -0.2) is 18.7 Å². The van der Waals surface area contributed by atoms with Crippen molar-refractivity contribution in [1.82, 2.24) is 19.9 Å². The third-order valence-corrected chi connectivity index (χ3v) is 6.41. The van der Waals surface area contributed by atoms with Crippen LogP contribution < -0.4 is 10.8 Å². The molecule has 0 unspecified atom stereocenters. The molecule has 0 saturated heterocycles. The SMILES string of the molecule is CC.Cc1nc2cc(F)c(-c3ccc(P(C)C)nc3)nc2c(NCc2ncccc2F)c1Cl. The van der Waals surface area contributed by atoms with E-state index in [0.717, 1.165) is 5.44 Å². The highest BCUT2D eigenvalue weighted by Gasteiger charge is 2.18. The molecule has 0 bridgehead atoms. The zero-order chi connectivity index (χ0) is 24.1. The van der Waals surface area contributed by atoms with Crippen molar-refractivity contribution in [2.45, 2.75) is 27.3 Å². The van der Waals surface area contributed by atoms with Crippen molar-refractivity contribution in [2.75, 3.05) is 18.6 Å². The molecule has 172 valence electrons. The molecule has 4 aromatic rings. The topological polar surface area (TPSA) is 63.6 Å². The summed E-state index contributed by atoms with van der Waals surface area (Å²) in [5.41, 5.74) is 3.61. The normalized spacial score (nSPS) is 10.8. The van der Waals surface area contributed by atoms with E-state index >= 15 is 0 Å². The molecule has 0 atom stereocenters. The highest BCUT2D eigenvalue weighted by molar-refractivity contribution is 7.63. The second-order valence-electron chi connectivity index (χ2n) is 7.16. The summed E-state index contributed by atoms with van der Waals surface area (Å²) < 4.78 is 28.9. The van der Waals surface area contributed by atoms with Gasteiger partial charge in [-0.1, -0.05) is 33.4 Å². The Kier molecular flexibility index (Phi) is 8.22. The van der Waals surface area contributed by atoms with E-state index in [4.69, 9.17) is 11.6 Å². The van der Waals surface area contributed by atoms with Crippen molar-refractivity contribution in [3.05, 3.63) is 70.8 Å². The molecule has 0 spiro atoms. The van der Waals surface area contributed by atoms with Crippen molar-refractivity contribution in [2.24, 2.45) is 0 Å². The van der Waals surface area contributed by atoms with Crippen LogP contribution in [0.3, 0.4) is 0 Å². The lowest BCUT2D eigenvalue weighted by atomic mass is 10.1. The molecule has 9 heteroatoms. The van der Waals surface area contributed by atoms with Crippen molar-refractivity contribution in [3.63, 3.8) is 0 Å². The Morgan fingerprint density at radius 2 is 1.79 bits per heavy atom. The Balaban J connectivity index is 0.00000149. The molecule has 0 aromatic carbocycles. The minimum Gasteiger partial charge on any atom is -0.376 e. The first-order chi connectivity index (χ1) is 15.8. The van der Waals surface area contributed by atoms with Gasteiger partial charge in [0, 0.05) is 24.0 Å². The van der Waals surface area contributed by atoms with Crippen LogP contribution in [0.25, 0.3) is 22.3 Å². The van der Waals surface area contributed by atoms with Gasteiger partial charge in [0.05, 0.1) is 39.6 Å². The van der Waals surface area contributed by atoms with Crippen LogP contribution >= 0.6 is 19.5 Å². The number of halogens is 3. The third kappa shape index (κ3) is 5.43. The largest absolute Gasteiger partial charge is 0.376 e. The van der Waals surface area contributed by atoms with Gasteiger partial charge < -0.3 is 5.32 Å². The number of aryl methyl sites for hydroxylation is 1.